The van der Waals surface area contributed by atoms with Gasteiger partial charge in [-0.15, -0.1) is 0 Å². The maximum absolute atomic E-state index is 10.1. The summed E-state index contributed by atoms with van der Waals surface area (Å²) in [4.78, 5) is 0. The first-order valence-corrected chi connectivity index (χ1v) is 9.09. The van der Waals surface area contributed by atoms with Gasteiger partial charge in [0.25, 0.3) is 0 Å². The summed E-state index contributed by atoms with van der Waals surface area (Å²) in [7, 11) is 0. The van der Waals surface area contributed by atoms with Crippen molar-refractivity contribution in [1.29, 1.82) is 0 Å². The summed E-state index contributed by atoms with van der Waals surface area (Å²) in [5.74, 6) is -2.17. The van der Waals surface area contributed by atoms with Crippen LogP contribution in [-0.4, -0.2) is 137 Å². The smallest absolute Gasteiger partial charge is 0 e. The second-order valence-corrected chi connectivity index (χ2v) is 7.01. The Balaban J connectivity index is 0.00000312. The predicted octanol–water partition coefficient (Wildman–Crippen LogP) is -5.56. The van der Waals surface area contributed by atoms with Crippen LogP contribution in [-0.2, 0) is 34.0 Å². The second kappa shape index (κ2) is 9.97. The summed E-state index contributed by atoms with van der Waals surface area (Å²) >= 11 is 0.151. The number of ether oxygens (including phenoxy) is 3. The molecule has 0 aromatic carbocycles. The average molecular weight is 605 g/mol. The fourth-order valence-electron chi connectivity index (χ4n) is 2.71. The van der Waals surface area contributed by atoms with E-state index in [4.69, 9.17) is 22.0 Å². The van der Waals surface area contributed by atoms with Crippen LogP contribution in [0.25, 0.3) is 0 Å². The molecule has 2 radical (unpaired) electrons. The van der Waals surface area contributed by atoms with Crippen molar-refractivity contribution in [3.8, 4) is 0 Å². The van der Waals surface area contributed by atoms with Gasteiger partial charge in [-0.3, -0.25) is 0 Å². The van der Waals surface area contributed by atoms with Crippen molar-refractivity contribution in [2.24, 2.45) is 0 Å². The van der Waals surface area contributed by atoms with Crippen LogP contribution >= 0.6 is 0 Å². The molecule has 9 atom stereocenters. The fourth-order valence-corrected chi connectivity index (χ4v) is 3.45. The van der Waals surface area contributed by atoms with Crippen molar-refractivity contribution in [1.82, 2.24) is 0 Å². The quantitative estimate of drug-likeness (QED) is 0.144. The SMILES string of the molecule is OC[C@H]1O[C@@](CO)(O[C@H]2O[C@H](C[O][PbH])[C@@H](O)[C@H](O)[C@H]2O)[C@@H](O)[C@@H]1O.[Fe]. The Bertz CT molecular complexity index is 421. The molecule has 0 bridgehead atoms. The molecule has 2 saturated heterocycles. The Morgan fingerprint density at radius 3 is 2.04 bits per heavy atom. The van der Waals surface area contributed by atoms with Gasteiger partial charge in [-0.05, 0) is 0 Å². The Kier molecular flexibility index (Phi) is 9.59. The standard InChI is InChI=1S/C12H21O11.Fe.Pb.H/c13-1-4-6(16)8(18)9(19)11(21-4)23-12(3-15)10(20)7(17)5(2-14)22-12;;;/h4-11,14-20H,1-3H2;;;/q-1;;+1;/t4-,5-,6-,7-,8+,9-,10+,11-,12+;;;/m1.../s1. The molecule has 25 heavy (non-hydrogen) atoms. The van der Waals surface area contributed by atoms with Crippen molar-refractivity contribution >= 4 is 26.2 Å². The second-order valence-electron chi connectivity index (χ2n) is 5.71. The summed E-state index contributed by atoms with van der Waals surface area (Å²) in [5.41, 5.74) is 0. The van der Waals surface area contributed by atoms with Gasteiger partial charge in [0.1, 0.15) is 0 Å². The topological polar surface area (TPSA) is 179 Å². The summed E-state index contributed by atoms with van der Waals surface area (Å²) < 4.78 is 20.9. The number of rotatable bonds is 6. The molecule has 0 aromatic heterocycles. The number of aliphatic hydroxyl groups excluding tert-OH is 7. The Morgan fingerprint density at radius 2 is 1.56 bits per heavy atom. The first-order valence-electron chi connectivity index (χ1n) is 7.26. The molecule has 0 aliphatic carbocycles. The summed E-state index contributed by atoms with van der Waals surface area (Å²) in [5, 5.41) is 68.4. The van der Waals surface area contributed by atoms with Crippen molar-refractivity contribution < 1.29 is 69.7 Å². The maximum Gasteiger partial charge on any atom is 0 e. The van der Waals surface area contributed by atoms with Crippen LogP contribution in [0.2, 0.25) is 0 Å². The zero-order valence-corrected chi connectivity index (χ0v) is 18.5. The van der Waals surface area contributed by atoms with E-state index in [1.54, 1.807) is 0 Å². The van der Waals surface area contributed by atoms with Crippen LogP contribution < -0.4 is 0 Å². The molecule has 13 heteroatoms. The van der Waals surface area contributed by atoms with Gasteiger partial charge in [0.15, 0.2) is 0 Å². The summed E-state index contributed by atoms with van der Waals surface area (Å²) in [6.45, 7) is -1.61. The first-order chi connectivity index (χ1) is 11.3. The third kappa shape index (κ3) is 4.71. The van der Waals surface area contributed by atoms with Crippen LogP contribution in [0.4, 0.5) is 0 Å². The fraction of sp³-hybridized carbons (Fsp3) is 1.00. The molecule has 2 aliphatic heterocycles. The van der Waals surface area contributed by atoms with Gasteiger partial charge in [0.05, 0.1) is 0 Å². The van der Waals surface area contributed by atoms with Crippen LogP contribution in [0.5, 0.6) is 0 Å². The van der Waals surface area contributed by atoms with Crippen molar-refractivity contribution in [3.05, 3.63) is 0 Å². The molecular weight excluding hydrogens is 583 g/mol. The van der Waals surface area contributed by atoms with E-state index in [2.05, 4.69) is 0 Å². The van der Waals surface area contributed by atoms with Gasteiger partial charge in [0.2, 0.25) is 0 Å². The molecule has 0 unspecified atom stereocenters. The molecule has 0 spiro atoms. The number of hydrogen-bond donors (Lipinski definition) is 7. The minimum absolute atomic E-state index is 0. The summed E-state index contributed by atoms with van der Waals surface area (Å²) in [6.07, 6.45) is -11.8. The van der Waals surface area contributed by atoms with Crippen molar-refractivity contribution in [2.45, 2.75) is 54.8 Å². The van der Waals surface area contributed by atoms with Crippen LogP contribution in [0.3, 0.4) is 0 Å². The number of hydrogen-bond acceptors (Lipinski definition) is 11. The molecule has 2 heterocycles. The minimum atomic E-state index is -2.17. The Morgan fingerprint density at radius 1 is 0.920 bits per heavy atom. The van der Waals surface area contributed by atoms with E-state index in [0.717, 1.165) is 0 Å². The molecular formula is C12H22FeO11Pb. The average Bonchev–Trinajstić information content (AvgIpc) is 2.82. The van der Waals surface area contributed by atoms with E-state index >= 15 is 0 Å². The van der Waals surface area contributed by atoms with E-state index in [1.807, 2.05) is 0 Å². The Hall–Kier alpha value is 1.00. The third-order valence-corrected chi connectivity index (χ3v) is 4.90. The molecule has 148 valence electrons. The molecule has 2 fully saturated rings. The van der Waals surface area contributed by atoms with Gasteiger partial charge >= 0.3 is 153 Å². The van der Waals surface area contributed by atoms with E-state index in [-0.39, 0.29) is 49.9 Å². The van der Waals surface area contributed by atoms with Gasteiger partial charge in [-0.2, -0.15) is 0 Å². The van der Waals surface area contributed by atoms with Crippen LogP contribution in [0.15, 0.2) is 0 Å². The van der Waals surface area contributed by atoms with Gasteiger partial charge in [-0.1, -0.05) is 0 Å². The minimum Gasteiger partial charge on any atom is 0 e. The van der Waals surface area contributed by atoms with Crippen LogP contribution in [0, 0.1) is 0 Å². The van der Waals surface area contributed by atoms with Gasteiger partial charge in [-0.25, -0.2) is 0 Å². The zero-order chi connectivity index (χ0) is 18.1. The third-order valence-electron chi connectivity index (χ3n) is 4.15. The zero-order valence-electron chi connectivity index (χ0n) is 12.9. The van der Waals surface area contributed by atoms with Gasteiger partial charge in [0, 0.05) is 17.1 Å². The monoisotopic (exact) mass is 606 g/mol. The van der Waals surface area contributed by atoms with E-state index < -0.39 is 68.0 Å². The predicted molar refractivity (Wildman–Crippen MR) is 74.7 cm³/mol. The Labute approximate surface area is 170 Å². The molecule has 2 rings (SSSR count). The van der Waals surface area contributed by atoms with E-state index in [1.165, 1.54) is 0 Å². The normalized spacial score (nSPS) is 47.5. The first kappa shape index (κ1) is 24.0. The van der Waals surface area contributed by atoms with E-state index in [0.29, 0.717) is 0 Å². The molecule has 0 saturated carbocycles. The van der Waals surface area contributed by atoms with Crippen molar-refractivity contribution in [3.63, 3.8) is 0 Å². The van der Waals surface area contributed by atoms with Crippen LogP contribution in [0.1, 0.15) is 0 Å². The molecule has 0 aromatic rings. The summed E-state index contributed by atoms with van der Waals surface area (Å²) in [6, 6.07) is 0. The van der Waals surface area contributed by atoms with E-state index in [9.17, 15) is 30.6 Å². The van der Waals surface area contributed by atoms with Gasteiger partial charge < -0.3 is 0 Å². The molecule has 11 nitrogen and oxygen atoms in total. The number of aliphatic hydroxyl groups is 7. The van der Waals surface area contributed by atoms with Crippen molar-refractivity contribution in [2.75, 3.05) is 19.8 Å². The molecule has 7 N–H and O–H groups in total. The molecule has 2 aliphatic rings. The maximum atomic E-state index is 10.1. The largest absolute Gasteiger partial charge is 0 e. The molecule has 0 amide bonds.